The van der Waals surface area contributed by atoms with Gasteiger partial charge in [-0.15, -0.1) is 0 Å². The smallest absolute Gasteiger partial charge is 0.231 e. The maximum absolute atomic E-state index is 5.64. The Morgan fingerprint density at radius 3 is 2.79 bits per heavy atom. The largest absolute Gasteiger partial charge is 0.399 e. The van der Waals surface area contributed by atoms with E-state index in [4.69, 9.17) is 19.7 Å². The summed E-state index contributed by atoms with van der Waals surface area (Å²) < 4.78 is 16.1. The third kappa shape index (κ3) is 2.91. The fraction of sp³-hybridized carbons (Fsp3) is 0.385. The van der Waals surface area contributed by atoms with E-state index in [1.165, 1.54) is 0 Å². The number of nitrogens with two attached hydrogens (primary N) is 1. The molecular weight excluding hydrogens is 246 g/mol. The number of aromatic nitrogens is 2. The fourth-order valence-corrected chi connectivity index (χ4v) is 1.92. The van der Waals surface area contributed by atoms with Gasteiger partial charge in [0.25, 0.3) is 0 Å². The summed E-state index contributed by atoms with van der Waals surface area (Å²) >= 11 is 0. The summed E-state index contributed by atoms with van der Waals surface area (Å²) in [6, 6.07) is 7.59. The minimum atomic E-state index is -0.224. The average Bonchev–Trinajstić information content (AvgIpc) is 2.91. The van der Waals surface area contributed by atoms with Gasteiger partial charge in [-0.2, -0.15) is 4.98 Å². The average molecular weight is 261 g/mol. The van der Waals surface area contributed by atoms with Gasteiger partial charge < -0.3 is 19.7 Å². The zero-order valence-corrected chi connectivity index (χ0v) is 10.4. The number of anilines is 1. The van der Waals surface area contributed by atoms with Gasteiger partial charge in [-0.25, -0.2) is 0 Å². The molecule has 0 bridgehead atoms. The topological polar surface area (TPSA) is 83.4 Å². The first-order valence-electron chi connectivity index (χ1n) is 6.17. The molecule has 1 aromatic heterocycles. The molecule has 2 N–H and O–H groups in total. The second-order valence-electron chi connectivity index (χ2n) is 4.40. The van der Waals surface area contributed by atoms with Crippen molar-refractivity contribution in [3.05, 3.63) is 41.5 Å². The summed E-state index contributed by atoms with van der Waals surface area (Å²) in [6.45, 7) is 1.65. The van der Waals surface area contributed by atoms with Gasteiger partial charge in [0.15, 0.2) is 0 Å². The SMILES string of the molecule is Nc1ccc(Cc2nc(C3COCCO3)no2)cc1. The predicted molar refractivity (Wildman–Crippen MR) is 67.5 cm³/mol. The lowest BCUT2D eigenvalue weighted by Gasteiger charge is -2.19. The third-order valence-electron chi connectivity index (χ3n) is 2.92. The second-order valence-corrected chi connectivity index (χ2v) is 4.40. The van der Waals surface area contributed by atoms with Gasteiger partial charge >= 0.3 is 0 Å². The number of hydrogen-bond donors (Lipinski definition) is 1. The number of nitrogens with zero attached hydrogens (tertiary/aromatic N) is 2. The minimum absolute atomic E-state index is 0.224. The van der Waals surface area contributed by atoms with Gasteiger partial charge in [0, 0.05) is 5.69 Å². The fourth-order valence-electron chi connectivity index (χ4n) is 1.92. The Morgan fingerprint density at radius 1 is 1.21 bits per heavy atom. The van der Waals surface area contributed by atoms with Crippen molar-refractivity contribution in [2.45, 2.75) is 12.5 Å². The molecule has 1 aromatic carbocycles. The number of rotatable bonds is 3. The van der Waals surface area contributed by atoms with Crippen LogP contribution in [0.15, 0.2) is 28.8 Å². The van der Waals surface area contributed by atoms with Crippen molar-refractivity contribution in [2.24, 2.45) is 0 Å². The Bertz CT molecular complexity index is 532. The first kappa shape index (κ1) is 12.1. The van der Waals surface area contributed by atoms with E-state index in [2.05, 4.69) is 10.1 Å². The van der Waals surface area contributed by atoms with E-state index in [0.29, 0.717) is 38.0 Å². The molecule has 19 heavy (non-hydrogen) atoms. The summed E-state index contributed by atoms with van der Waals surface area (Å²) in [5.41, 5.74) is 7.45. The molecular formula is C13H15N3O3. The molecule has 1 unspecified atom stereocenters. The number of benzene rings is 1. The van der Waals surface area contributed by atoms with Crippen LogP contribution in [0, 0.1) is 0 Å². The van der Waals surface area contributed by atoms with Crippen LogP contribution in [0.25, 0.3) is 0 Å². The van der Waals surface area contributed by atoms with Crippen molar-refractivity contribution in [2.75, 3.05) is 25.6 Å². The number of nitrogen functional groups attached to an aromatic ring is 1. The molecule has 0 aliphatic carbocycles. The highest BCUT2D eigenvalue weighted by Crippen LogP contribution is 2.18. The molecule has 1 aliphatic heterocycles. The second kappa shape index (κ2) is 5.38. The van der Waals surface area contributed by atoms with E-state index in [1.807, 2.05) is 24.3 Å². The predicted octanol–water partition coefficient (Wildman–Crippen LogP) is 1.33. The van der Waals surface area contributed by atoms with Crippen molar-refractivity contribution in [1.29, 1.82) is 0 Å². The molecule has 100 valence electrons. The van der Waals surface area contributed by atoms with E-state index >= 15 is 0 Å². The van der Waals surface area contributed by atoms with Gasteiger partial charge in [0.05, 0.1) is 26.2 Å². The Morgan fingerprint density at radius 2 is 2.05 bits per heavy atom. The van der Waals surface area contributed by atoms with Crippen LogP contribution in [0.3, 0.4) is 0 Å². The highest BCUT2D eigenvalue weighted by Gasteiger charge is 2.22. The van der Waals surface area contributed by atoms with E-state index in [0.717, 1.165) is 11.3 Å². The van der Waals surface area contributed by atoms with Crippen molar-refractivity contribution in [3.8, 4) is 0 Å². The van der Waals surface area contributed by atoms with Crippen LogP contribution in [0.4, 0.5) is 5.69 Å². The van der Waals surface area contributed by atoms with E-state index in [9.17, 15) is 0 Å². The van der Waals surface area contributed by atoms with Gasteiger partial charge in [-0.1, -0.05) is 17.3 Å². The van der Waals surface area contributed by atoms with Crippen LogP contribution in [0.2, 0.25) is 0 Å². The van der Waals surface area contributed by atoms with Gasteiger partial charge in [0.2, 0.25) is 11.7 Å². The molecule has 1 saturated heterocycles. The first-order chi connectivity index (χ1) is 9.31. The molecule has 3 rings (SSSR count). The third-order valence-corrected chi connectivity index (χ3v) is 2.92. The minimum Gasteiger partial charge on any atom is -0.399 e. The van der Waals surface area contributed by atoms with Crippen LogP contribution >= 0.6 is 0 Å². The van der Waals surface area contributed by atoms with Crippen molar-refractivity contribution >= 4 is 5.69 Å². The van der Waals surface area contributed by atoms with E-state index in [1.54, 1.807) is 0 Å². The zero-order chi connectivity index (χ0) is 13.1. The molecule has 0 radical (unpaired) electrons. The summed E-state index contributed by atoms with van der Waals surface area (Å²) in [7, 11) is 0. The monoisotopic (exact) mass is 261 g/mol. The van der Waals surface area contributed by atoms with Crippen molar-refractivity contribution in [3.63, 3.8) is 0 Å². The summed E-state index contributed by atoms with van der Waals surface area (Å²) in [6.07, 6.45) is 0.360. The number of hydrogen-bond acceptors (Lipinski definition) is 6. The van der Waals surface area contributed by atoms with Crippen LogP contribution in [0.5, 0.6) is 0 Å². The Kier molecular flexibility index (Phi) is 3.43. The lowest BCUT2D eigenvalue weighted by Crippen LogP contribution is -2.22. The molecule has 2 heterocycles. The van der Waals surface area contributed by atoms with Gasteiger partial charge in [0.1, 0.15) is 6.10 Å². The Hall–Kier alpha value is -1.92. The molecule has 0 amide bonds. The maximum Gasteiger partial charge on any atom is 0.231 e. The highest BCUT2D eigenvalue weighted by atomic mass is 16.6. The molecule has 6 nitrogen and oxygen atoms in total. The maximum atomic E-state index is 5.64. The van der Waals surface area contributed by atoms with Gasteiger partial charge in [-0.3, -0.25) is 0 Å². The molecule has 0 saturated carbocycles. The Labute approximate surface area is 110 Å². The van der Waals surface area contributed by atoms with Crippen molar-refractivity contribution in [1.82, 2.24) is 10.1 Å². The van der Waals surface area contributed by atoms with Crippen LogP contribution in [0.1, 0.15) is 23.4 Å². The molecule has 6 heteroatoms. The summed E-state index contributed by atoms with van der Waals surface area (Å²) in [5.74, 6) is 1.11. The Balaban J connectivity index is 1.68. The first-order valence-corrected chi connectivity index (χ1v) is 6.17. The van der Waals surface area contributed by atoms with E-state index in [-0.39, 0.29) is 6.10 Å². The molecule has 2 aromatic rings. The molecule has 1 aliphatic rings. The summed E-state index contributed by atoms with van der Waals surface area (Å²) in [5, 5.41) is 3.94. The quantitative estimate of drug-likeness (QED) is 0.839. The lowest BCUT2D eigenvalue weighted by atomic mass is 10.1. The van der Waals surface area contributed by atoms with Crippen LogP contribution in [-0.2, 0) is 15.9 Å². The standard InChI is InChI=1S/C13H15N3O3/c14-10-3-1-9(2-4-10)7-12-15-13(16-19-12)11-8-17-5-6-18-11/h1-4,11H,5-8,14H2. The molecule has 1 atom stereocenters. The van der Waals surface area contributed by atoms with Crippen LogP contribution in [-0.4, -0.2) is 30.0 Å². The molecule has 0 spiro atoms. The lowest BCUT2D eigenvalue weighted by molar-refractivity contribution is -0.0941. The molecule has 1 fully saturated rings. The van der Waals surface area contributed by atoms with Crippen molar-refractivity contribution < 1.29 is 14.0 Å². The number of ether oxygens (including phenoxy) is 2. The van der Waals surface area contributed by atoms with Gasteiger partial charge in [-0.05, 0) is 17.7 Å². The van der Waals surface area contributed by atoms with Crippen LogP contribution < -0.4 is 5.73 Å². The summed E-state index contributed by atoms with van der Waals surface area (Å²) in [4.78, 5) is 4.34. The highest BCUT2D eigenvalue weighted by molar-refractivity contribution is 5.39. The van der Waals surface area contributed by atoms with E-state index < -0.39 is 0 Å². The zero-order valence-electron chi connectivity index (χ0n) is 10.4. The normalized spacial score (nSPS) is 19.5.